The summed E-state index contributed by atoms with van der Waals surface area (Å²) in [5.74, 6) is 0. The minimum Gasteiger partial charge on any atom is -0.335 e. The van der Waals surface area contributed by atoms with Crippen LogP contribution < -0.4 is 0 Å². The van der Waals surface area contributed by atoms with E-state index in [4.69, 9.17) is 11.6 Å². The Morgan fingerprint density at radius 1 is 1.30 bits per heavy atom. The standard InChI is InChI=1S/C12H10BrClN2O3S/c1-16(2)12(17)20(18,19)10-4-8(13)3-7-6-15-11(14)5-9(7)10/h3-6H,1-2H3. The molecule has 0 bridgehead atoms. The summed E-state index contributed by atoms with van der Waals surface area (Å²) in [5, 5.41) is 0.121. The molecule has 106 valence electrons. The zero-order valence-corrected chi connectivity index (χ0v) is 13.8. The number of rotatable bonds is 1. The molecule has 0 N–H and O–H groups in total. The van der Waals surface area contributed by atoms with Gasteiger partial charge in [0.25, 0.3) is 9.84 Å². The number of carbonyl (C=O) groups is 1. The molecular weight excluding hydrogens is 368 g/mol. The number of carbonyl (C=O) groups excluding carboxylic acids is 1. The highest BCUT2D eigenvalue weighted by Crippen LogP contribution is 2.30. The number of halogens is 2. The van der Waals surface area contributed by atoms with Crippen molar-refractivity contribution in [1.29, 1.82) is 0 Å². The van der Waals surface area contributed by atoms with Gasteiger partial charge in [-0.3, -0.25) is 4.79 Å². The molecule has 1 amide bonds. The Morgan fingerprint density at radius 3 is 2.55 bits per heavy atom. The van der Waals surface area contributed by atoms with Crippen LogP contribution in [0.15, 0.2) is 33.8 Å². The van der Waals surface area contributed by atoms with Crippen molar-refractivity contribution in [2.75, 3.05) is 14.1 Å². The van der Waals surface area contributed by atoms with Crippen LogP contribution in [0.1, 0.15) is 0 Å². The fourth-order valence-electron chi connectivity index (χ4n) is 1.72. The molecule has 0 aliphatic rings. The van der Waals surface area contributed by atoms with Crippen molar-refractivity contribution < 1.29 is 13.2 Å². The van der Waals surface area contributed by atoms with Crippen LogP contribution >= 0.6 is 27.5 Å². The molecular formula is C12H10BrClN2O3S. The molecule has 20 heavy (non-hydrogen) atoms. The van der Waals surface area contributed by atoms with Crippen LogP contribution in [0.4, 0.5) is 4.79 Å². The largest absolute Gasteiger partial charge is 0.343 e. The number of benzene rings is 1. The summed E-state index contributed by atoms with van der Waals surface area (Å²) in [6.07, 6.45) is 1.46. The van der Waals surface area contributed by atoms with Crippen molar-refractivity contribution in [3.05, 3.63) is 34.0 Å². The highest BCUT2D eigenvalue weighted by atomic mass is 79.9. The van der Waals surface area contributed by atoms with Gasteiger partial charge in [-0.1, -0.05) is 27.5 Å². The summed E-state index contributed by atoms with van der Waals surface area (Å²) >= 11 is 9.04. The summed E-state index contributed by atoms with van der Waals surface area (Å²) < 4.78 is 25.3. The maximum Gasteiger partial charge on any atom is 0.343 e. The number of hydrogen-bond acceptors (Lipinski definition) is 4. The quantitative estimate of drug-likeness (QED) is 0.716. The zero-order chi connectivity index (χ0) is 15.1. The second kappa shape index (κ2) is 5.31. The van der Waals surface area contributed by atoms with Crippen molar-refractivity contribution in [3.8, 4) is 0 Å². The lowest BCUT2D eigenvalue weighted by atomic mass is 10.2. The first-order valence-electron chi connectivity index (χ1n) is 5.44. The van der Waals surface area contributed by atoms with E-state index in [9.17, 15) is 13.2 Å². The first-order chi connectivity index (χ1) is 9.23. The second-order valence-electron chi connectivity index (χ2n) is 4.30. The summed E-state index contributed by atoms with van der Waals surface area (Å²) in [6, 6.07) is 4.52. The molecule has 0 radical (unpaired) electrons. The van der Waals surface area contributed by atoms with Gasteiger partial charge >= 0.3 is 5.24 Å². The molecule has 0 aliphatic heterocycles. The van der Waals surface area contributed by atoms with Crippen LogP contribution in [-0.4, -0.2) is 37.6 Å². The summed E-state index contributed by atoms with van der Waals surface area (Å²) in [7, 11) is -1.37. The van der Waals surface area contributed by atoms with Crippen LogP contribution in [0.25, 0.3) is 10.8 Å². The molecule has 0 unspecified atom stereocenters. The lowest BCUT2D eigenvalue weighted by Crippen LogP contribution is -2.28. The molecule has 1 aromatic carbocycles. The number of amides is 1. The van der Waals surface area contributed by atoms with Gasteiger partial charge in [0.1, 0.15) is 5.15 Å². The van der Waals surface area contributed by atoms with Crippen LogP contribution in [0.3, 0.4) is 0 Å². The third kappa shape index (κ3) is 2.65. The molecule has 0 spiro atoms. The van der Waals surface area contributed by atoms with Crippen molar-refractivity contribution >= 4 is 53.4 Å². The van der Waals surface area contributed by atoms with Crippen LogP contribution in [0.5, 0.6) is 0 Å². The SMILES string of the molecule is CN(C)C(=O)S(=O)(=O)c1cc(Br)cc2cnc(Cl)cc12. The lowest BCUT2D eigenvalue weighted by Gasteiger charge is -2.13. The first-order valence-corrected chi connectivity index (χ1v) is 8.10. The first kappa shape index (κ1) is 15.2. The van der Waals surface area contributed by atoms with Crippen molar-refractivity contribution in [2.24, 2.45) is 0 Å². The Morgan fingerprint density at radius 2 is 1.95 bits per heavy atom. The van der Waals surface area contributed by atoms with Gasteiger partial charge in [-0.25, -0.2) is 13.4 Å². The van der Waals surface area contributed by atoms with Gasteiger partial charge in [0.15, 0.2) is 0 Å². The van der Waals surface area contributed by atoms with Gasteiger partial charge < -0.3 is 4.90 Å². The Balaban J connectivity index is 2.83. The average molecular weight is 378 g/mol. The number of hydrogen-bond donors (Lipinski definition) is 0. The third-order valence-electron chi connectivity index (χ3n) is 2.61. The van der Waals surface area contributed by atoms with E-state index in [1.807, 2.05) is 0 Å². The van der Waals surface area contributed by atoms with Gasteiger partial charge in [-0.2, -0.15) is 0 Å². The fourth-order valence-corrected chi connectivity index (χ4v) is 3.92. The number of sulfone groups is 1. The Bertz CT molecular complexity index is 806. The normalized spacial score (nSPS) is 11.6. The van der Waals surface area contributed by atoms with E-state index in [1.165, 1.54) is 32.4 Å². The number of pyridine rings is 1. The monoisotopic (exact) mass is 376 g/mol. The van der Waals surface area contributed by atoms with E-state index in [0.717, 1.165) is 4.90 Å². The lowest BCUT2D eigenvalue weighted by molar-refractivity contribution is 0.238. The van der Waals surface area contributed by atoms with Crippen LogP contribution in [0.2, 0.25) is 5.15 Å². The van der Waals surface area contributed by atoms with E-state index < -0.39 is 15.1 Å². The molecule has 0 saturated carbocycles. The van der Waals surface area contributed by atoms with Crippen molar-refractivity contribution in [2.45, 2.75) is 4.90 Å². The van der Waals surface area contributed by atoms with Gasteiger partial charge in [0.2, 0.25) is 0 Å². The molecule has 2 rings (SSSR count). The molecule has 0 saturated heterocycles. The van der Waals surface area contributed by atoms with Gasteiger partial charge in [0, 0.05) is 35.5 Å². The van der Waals surface area contributed by atoms with E-state index in [1.54, 1.807) is 6.07 Å². The number of aromatic nitrogens is 1. The molecule has 8 heteroatoms. The summed E-state index contributed by atoms with van der Waals surface area (Å²) in [6.45, 7) is 0. The maximum absolute atomic E-state index is 12.4. The molecule has 1 heterocycles. The highest BCUT2D eigenvalue weighted by molar-refractivity contribution is 9.10. The fraction of sp³-hybridized carbons (Fsp3) is 0.167. The molecule has 2 aromatic rings. The van der Waals surface area contributed by atoms with Crippen molar-refractivity contribution in [3.63, 3.8) is 0 Å². The Labute approximate surface area is 129 Å². The number of fused-ring (bicyclic) bond motifs is 1. The third-order valence-corrected chi connectivity index (χ3v) is 5.02. The summed E-state index contributed by atoms with van der Waals surface area (Å²) in [5.41, 5.74) is 0. The molecule has 0 fully saturated rings. The van der Waals surface area contributed by atoms with Gasteiger partial charge in [-0.05, 0) is 18.2 Å². The molecule has 1 aromatic heterocycles. The topological polar surface area (TPSA) is 67.3 Å². The highest BCUT2D eigenvalue weighted by Gasteiger charge is 2.29. The van der Waals surface area contributed by atoms with E-state index in [0.29, 0.717) is 15.2 Å². The van der Waals surface area contributed by atoms with Gasteiger partial charge in [0.05, 0.1) is 4.90 Å². The van der Waals surface area contributed by atoms with E-state index in [2.05, 4.69) is 20.9 Å². The minimum absolute atomic E-state index is 0.0927. The smallest absolute Gasteiger partial charge is 0.335 e. The number of nitrogens with zero attached hydrogens (tertiary/aromatic N) is 2. The van der Waals surface area contributed by atoms with Gasteiger partial charge in [-0.15, -0.1) is 0 Å². The predicted molar refractivity (Wildman–Crippen MR) is 80.7 cm³/mol. The Hall–Kier alpha value is -1.18. The Kier molecular flexibility index (Phi) is 4.04. The van der Waals surface area contributed by atoms with E-state index in [-0.39, 0.29) is 10.0 Å². The molecule has 0 aliphatic carbocycles. The van der Waals surface area contributed by atoms with Crippen molar-refractivity contribution in [1.82, 2.24) is 9.88 Å². The van der Waals surface area contributed by atoms with E-state index >= 15 is 0 Å². The predicted octanol–water partition coefficient (Wildman–Crippen LogP) is 3.11. The van der Waals surface area contributed by atoms with Crippen LogP contribution in [-0.2, 0) is 9.84 Å². The maximum atomic E-state index is 12.4. The second-order valence-corrected chi connectivity index (χ2v) is 7.39. The minimum atomic E-state index is -4.13. The average Bonchev–Trinajstić information content (AvgIpc) is 2.37. The molecule has 5 nitrogen and oxygen atoms in total. The summed E-state index contributed by atoms with van der Waals surface area (Å²) in [4.78, 5) is 16.7. The zero-order valence-electron chi connectivity index (χ0n) is 10.6. The molecule has 0 atom stereocenters. The van der Waals surface area contributed by atoms with Crippen LogP contribution in [0, 0.1) is 0 Å².